The number of aliphatic hydroxyl groups excluding tert-OH is 1. The average Bonchev–Trinajstić information content (AvgIpc) is 1.65. The van der Waals surface area contributed by atoms with Crippen LogP contribution in [0.1, 0.15) is 0 Å². The van der Waals surface area contributed by atoms with Crippen LogP contribution in [0, 0.1) is 6.61 Å². The predicted octanol–water partition coefficient (Wildman–Crippen LogP) is 0.327. The van der Waals surface area contributed by atoms with Crippen molar-refractivity contribution >= 4 is 17.9 Å². The molecule has 1 atom stereocenters. The van der Waals surface area contributed by atoms with E-state index in [0.717, 1.165) is 0 Å². The van der Waals surface area contributed by atoms with Gasteiger partial charge in [0.05, 0.1) is 0 Å². The second-order valence-corrected chi connectivity index (χ2v) is 1.23. The Kier molecular flexibility index (Phi) is 3.08. The van der Waals surface area contributed by atoms with E-state index in [1.165, 1.54) is 0 Å². The van der Waals surface area contributed by atoms with Crippen LogP contribution in [0.15, 0.2) is 0 Å². The van der Waals surface area contributed by atoms with Gasteiger partial charge in [0.25, 0.3) is 0 Å². The van der Waals surface area contributed by atoms with Crippen molar-refractivity contribution in [2.75, 3.05) is 0 Å². The van der Waals surface area contributed by atoms with Crippen LogP contribution in [0.3, 0.4) is 0 Å². The monoisotopic (exact) mass is 107 g/mol. The van der Waals surface area contributed by atoms with Crippen LogP contribution in [-0.4, -0.2) is 16.8 Å². The lowest BCUT2D eigenvalue weighted by Gasteiger charge is -1.85. The fourth-order valence-electron chi connectivity index (χ4n) is 0.0351. The van der Waals surface area contributed by atoms with E-state index in [4.69, 9.17) is 16.7 Å². The Morgan fingerprint density at radius 3 is 2.33 bits per heavy atom. The molecule has 0 heterocycles. The summed E-state index contributed by atoms with van der Waals surface area (Å²) in [6.45, 7) is 0.620. The van der Waals surface area contributed by atoms with Crippen molar-refractivity contribution in [2.45, 2.75) is 5.38 Å². The Bertz CT molecular complexity index is 46.1. The van der Waals surface area contributed by atoms with Gasteiger partial charge in [0.2, 0.25) is 0 Å². The highest BCUT2D eigenvalue weighted by Gasteiger charge is 1.95. The number of aliphatic hydroxyl groups is 1. The van der Waals surface area contributed by atoms with Gasteiger partial charge < -0.3 is 9.90 Å². The molecule has 0 aromatic rings. The second kappa shape index (κ2) is 3.12. The number of hydrogen-bond acceptors (Lipinski definition) is 2. The average molecular weight is 108 g/mol. The highest BCUT2D eigenvalue weighted by molar-refractivity contribution is 6.28. The first-order valence-electron chi connectivity index (χ1n) is 1.38. The molecule has 35 valence electrons. The first kappa shape index (κ1) is 5.92. The standard InChI is InChI=1S/C3H4ClO2/c4-3(1-5)2-6/h1-3,5H. The van der Waals surface area contributed by atoms with Crippen molar-refractivity contribution in [3.05, 3.63) is 6.61 Å². The number of alkyl halides is 1. The summed E-state index contributed by atoms with van der Waals surface area (Å²) in [6, 6.07) is 0. The first-order valence-corrected chi connectivity index (χ1v) is 1.82. The first-order chi connectivity index (χ1) is 2.81. The molecule has 6 heavy (non-hydrogen) atoms. The Morgan fingerprint density at radius 2 is 2.33 bits per heavy atom. The minimum atomic E-state index is -0.843. The van der Waals surface area contributed by atoms with Gasteiger partial charge >= 0.3 is 0 Å². The number of halogens is 1. The Hall–Kier alpha value is -0.0800. The minimum absolute atomic E-state index is 0.432. The van der Waals surface area contributed by atoms with Gasteiger partial charge in [0, 0.05) is 0 Å². The van der Waals surface area contributed by atoms with Crippen LogP contribution in [-0.2, 0) is 4.79 Å². The summed E-state index contributed by atoms with van der Waals surface area (Å²) in [6.07, 6.45) is 0.432. The van der Waals surface area contributed by atoms with Crippen LogP contribution in [0.25, 0.3) is 0 Å². The van der Waals surface area contributed by atoms with E-state index >= 15 is 0 Å². The van der Waals surface area contributed by atoms with E-state index in [-0.39, 0.29) is 0 Å². The van der Waals surface area contributed by atoms with Gasteiger partial charge in [-0.2, -0.15) is 0 Å². The molecule has 0 bridgehead atoms. The maximum Gasteiger partial charge on any atom is 0.140 e. The summed E-state index contributed by atoms with van der Waals surface area (Å²) in [4.78, 5) is 9.41. The Balaban J connectivity index is 2.96. The summed E-state index contributed by atoms with van der Waals surface area (Å²) in [7, 11) is 0. The second-order valence-electron chi connectivity index (χ2n) is 0.730. The number of hydrogen-bond donors (Lipinski definition) is 1. The topological polar surface area (TPSA) is 37.3 Å². The zero-order chi connectivity index (χ0) is 4.99. The third-order valence-electron chi connectivity index (χ3n) is 0.272. The maximum absolute atomic E-state index is 9.41. The summed E-state index contributed by atoms with van der Waals surface area (Å²) in [5.41, 5.74) is 0. The quantitative estimate of drug-likeness (QED) is 0.408. The molecule has 1 unspecified atom stereocenters. The third-order valence-corrected chi connectivity index (χ3v) is 0.488. The van der Waals surface area contributed by atoms with Crippen LogP contribution < -0.4 is 0 Å². The smallest absolute Gasteiger partial charge is 0.140 e. The number of aldehydes is 1. The Labute approximate surface area is 40.7 Å². The summed E-state index contributed by atoms with van der Waals surface area (Å²) >= 11 is 4.98. The van der Waals surface area contributed by atoms with Gasteiger partial charge in [-0.25, -0.2) is 0 Å². The zero-order valence-corrected chi connectivity index (χ0v) is 3.72. The molecule has 0 aliphatic rings. The third kappa shape index (κ3) is 2.18. The van der Waals surface area contributed by atoms with Gasteiger partial charge in [-0.1, -0.05) is 0 Å². The summed E-state index contributed by atoms with van der Waals surface area (Å²) in [5, 5.41) is 7.00. The molecule has 0 aromatic heterocycles. The van der Waals surface area contributed by atoms with Crippen molar-refractivity contribution in [3.63, 3.8) is 0 Å². The normalized spacial score (nSPS) is 13.7. The van der Waals surface area contributed by atoms with Crippen LogP contribution in [0.2, 0.25) is 0 Å². The van der Waals surface area contributed by atoms with Gasteiger partial charge in [-0.05, 0) is 0 Å². The number of carbonyl (C=O) groups excluding carboxylic acids is 1. The van der Waals surface area contributed by atoms with Crippen molar-refractivity contribution < 1.29 is 9.90 Å². The maximum atomic E-state index is 9.41. The molecule has 0 amide bonds. The molecule has 0 spiro atoms. The molecule has 2 nitrogen and oxygen atoms in total. The van der Waals surface area contributed by atoms with E-state index < -0.39 is 5.38 Å². The van der Waals surface area contributed by atoms with Crippen LogP contribution >= 0.6 is 11.6 Å². The molecule has 0 aliphatic heterocycles. The molecule has 0 fully saturated rings. The van der Waals surface area contributed by atoms with E-state index in [1.54, 1.807) is 0 Å². The van der Waals surface area contributed by atoms with Crippen LogP contribution in [0.5, 0.6) is 0 Å². The van der Waals surface area contributed by atoms with Gasteiger partial charge in [-0.15, -0.1) is 11.6 Å². The summed E-state index contributed by atoms with van der Waals surface area (Å²) < 4.78 is 0. The molecule has 0 saturated heterocycles. The van der Waals surface area contributed by atoms with E-state index in [0.29, 0.717) is 12.9 Å². The molecule has 0 aromatic carbocycles. The number of carbonyl (C=O) groups is 1. The number of rotatable bonds is 2. The van der Waals surface area contributed by atoms with Crippen molar-refractivity contribution in [1.29, 1.82) is 0 Å². The zero-order valence-electron chi connectivity index (χ0n) is 2.97. The largest absolute Gasteiger partial charge is 0.388 e. The lowest BCUT2D eigenvalue weighted by atomic mass is 10.5. The minimum Gasteiger partial charge on any atom is -0.388 e. The lowest BCUT2D eigenvalue weighted by Crippen LogP contribution is -1.97. The molecular weight excluding hydrogens is 103 g/mol. The van der Waals surface area contributed by atoms with E-state index in [2.05, 4.69) is 0 Å². The molecule has 1 radical (unpaired) electrons. The van der Waals surface area contributed by atoms with Crippen molar-refractivity contribution in [1.82, 2.24) is 0 Å². The molecule has 1 N–H and O–H groups in total. The molecule has 0 aliphatic carbocycles. The summed E-state index contributed by atoms with van der Waals surface area (Å²) in [5.74, 6) is 0. The highest BCUT2D eigenvalue weighted by atomic mass is 35.5. The predicted molar refractivity (Wildman–Crippen MR) is 21.9 cm³/mol. The van der Waals surface area contributed by atoms with Crippen molar-refractivity contribution in [3.8, 4) is 0 Å². The fourth-order valence-corrected chi connectivity index (χ4v) is 0.0351. The SMILES string of the molecule is O=CC(Cl)[CH]O. The Morgan fingerprint density at radius 1 is 1.83 bits per heavy atom. The van der Waals surface area contributed by atoms with Gasteiger partial charge in [0.1, 0.15) is 18.3 Å². The molecular formula is C3H4ClO2. The van der Waals surface area contributed by atoms with E-state index in [9.17, 15) is 4.79 Å². The lowest BCUT2D eigenvalue weighted by molar-refractivity contribution is -0.107. The molecule has 0 saturated carbocycles. The van der Waals surface area contributed by atoms with Gasteiger partial charge in [-0.3, -0.25) is 0 Å². The molecule has 3 heteroatoms. The van der Waals surface area contributed by atoms with E-state index in [1.807, 2.05) is 0 Å². The molecule has 0 rings (SSSR count). The van der Waals surface area contributed by atoms with Gasteiger partial charge in [0.15, 0.2) is 0 Å². The fraction of sp³-hybridized carbons (Fsp3) is 0.333. The van der Waals surface area contributed by atoms with Crippen LogP contribution in [0.4, 0.5) is 0 Å². The van der Waals surface area contributed by atoms with Crippen molar-refractivity contribution in [2.24, 2.45) is 0 Å². The highest BCUT2D eigenvalue weighted by Crippen LogP contribution is 1.89.